The predicted octanol–water partition coefficient (Wildman–Crippen LogP) is 1.47. The van der Waals surface area contributed by atoms with E-state index >= 15 is 0 Å². The molecule has 164 valence electrons. The van der Waals surface area contributed by atoms with Crippen molar-refractivity contribution in [2.24, 2.45) is 0 Å². The first-order valence-electron chi connectivity index (χ1n) is 9.94. The van der Waals surface area contributed by atoms with Gasteiger partial charge in [0.1, 0.15) is 23.8 Å². The summed E-state index contributed by atoms with van der Waals surface area (Å²) in [5, 5.41) is 30.1. The molecule has 0 spiro atoms. The number of aliphatic hydroxyl groups excluding tert-OH is 3. The zero-order valence-corrected chi connectivity index (χ0v) is 17.3. The minimum atomic E-state index is -1.40. The van der Waals surface area contributed by atoms with Crippen LogP contribution in [-0.4, -0.2) is 69.1 Å². The number of carbonyl (C=O) groups excluding carboxylic acids is 1. The average Bonchev–Trinajstić information content (AvgIpc) is 2.78. The Morgan fingerprint density at radius 2 is 1.65 bits per heavy atom. The van der Waals surface area contributed by atoms with Crippen molar-refractivity contribution in [3.05, 3.63) is 47.5 Å². The van der Waals surface area contributed by atoms with Crippen LogP contribution in [0, 0.1) is 0 Å². The van der Waals surface area contributed by atoms with E-state index in [1.807, 2.05) is 6.07 Å². The van der Waals surface area contributed by atoms with E-state index in [9.17, 15) is 20.1 Å². The molecule has 0 radical (unpaired) electrons. The van der Waals surface area contributed by atoms with E-state index in [2.05, 4.69) is 9.97 Å². The Hall–Kier alpha value is -2.69. The van der Waals surface area contributed by atoms with Crippen molar-refractivity contribution >= 4 is 28.0 Å². The van der Waals surface area contributed by atoms with Crippen molar-refractivity contribution in [2.75, 3.05) is 7.11 Å². The Labute approximate surface area is 178 Å². The minimum Gasteiger partial charge on any atom is -0.465 e. The number of fused-ring (bicyclic) bond motifs is 2. The van der Waals surface area contributed by atoms with Crippen LogP contribution >= 0.6 is 0 Å². The maximum atomic E-state index is 12.1. The number of hydrogen-bond donors (Lipinski definition) is 3. The Balaban J connectivity index is 1.71. The van der Waals surface area contributed by atoms with Crippen LogP contribution < -0.4 is 0 Å². The second-order valence-corrected chi connectivity index (χ2v) is 7.56. The summed E-state index contributed by atoms with van der Waals surface area (Å²) in [5.74, 6) is -0.495. The van der Waals surface area contributed by atoms with E-state index in [0.717, 1.165) is 0 Å². The quantitative estimate of drug-likeness (QED) is 0.418. The van der Waals surface area contributed by atoms with Gasteiger partial charge in [0, 0.05) is 5.56 Å². The molecule has 4 rings (SSSR count). The molecule has 1 unspecified atom stereocenters. The van der Waals surface area contributed by atoms with Gasteiger partial charge < -0.3 is 29.5 Å². The molecule has 0 saturated carbocycles. The van der Waals surface area contributed by atoms with E-state index in [0.29, 0.717) is 33.2 Å². The van der Waals surface area contributed by atoms with E-state index in [1.165, 1.54) is 7.11 Å². The van der Waals surface area contributed by atoms with Crippen LogP contribution in [0.15, 0.2) is 36.4 Å². The minimum absolute atomic E-state index is 0.323. The smallest absolute Gasteiger partial charge is 0.340 e. The average molecular weight is 428 g/mol. The molecule has 0 aliphatic carbocycles. The number of benzene rings is 2. The van der Waals surface area contributed by atoms with Crippen LogP contribution in [0.25, 0.3) is 22.1 Å². The Morgan fingerprint density at radius 1 is 1.00 bits per heavy atom. The lowest BCUT2D eigenvalue weighted by Crippen LogP contribution is -2.57. The summed E-state index contributed by atoms with van der Waals surface area (Å²) in [6.45, 7) is 3.36. The highest BCUT2D eigenvalue weighted by atomic mass is 16.7. The molecule has 1 aliphatic heterocycles. The SMILES string of the molecule is COC(=O)c1cccc2nc3c(C(C)O[C@@H]4O[C@@H](C)[C@H](O)[C@@H](O)[C@@H]4O)cccc3nc12. The van der Waals surface area contributed by atoms with E-state index < -0.39 is 42.8 Å². The molecule has 6 atom stereocenters. The zero-order valence-electron chi connectivity index (χ0n) is 17.3. The number of para-hydroxylation sites is 2. The molecule has 31 heavy (non-hydrogen) atoms. The van der Waals surface area contributed by atoms with Gasteiger partial charge in [0.2, 0.25) is 0 Å². The lowest BCUT2D eigenvalue weighted by atomic mass is 10.00. The molecule has 3 N–H and O–H groups in total. The highest BCUT2D eigenvalue weighted by Gasteiger charge is 2.43. The molecule has 1 fully saturated rings. The van der Waals surface area contributed by atoms with Crippen LogP contribution in [0.2, 0.25) is 0 Å². The van der Waals surface area contributed by atoms with Gasteiger partial charge in [-0.15, -0.1) is 0 Å². The van der Waals surface area contributed by atoms with E-state index in [1.54, 1.807) is 44.2 Å². The summed E-state index contributed by atoms with van der Waals surface area (Å²) in [6.07, 6.45) is -6.40. The number of esters is 1. The Kier molecular flexibility index (Phi) is 5.87. The number of aliphatic hydroxyl groups is 3. The Morgan fingerprint density at radius 3 is 2.35 bits per heavy atom. The zero-order chi connectivity index (χ0) is 22.3. The van der Waals surface area contributed by atoms with Crippen molar-refractivity contribution in [1.82, 2.24) is 9.97 Å². The van der Waals surface area contributed by atoms with Gasteiger partial charge in [0.05, 0.1) is 41.4 Å². The summed E-state index contributed by atoms with van der Waals surface area (Å²) in [4.78, 5) is 21.4. The molecule has 1 aliphatic rings. The molecule has 9 nitrogen and oxygen atoms in total. The van der Waals surface area contributed by atoms with Crippen LogP contribution in [0.3, 0.4) is 0 Å². The summed E-state index contributed by atoms with van der Waals surface area (Å²) in [7, 11) is 1.31. The standard InChI is InChI=1S/C22H24N2O7/c1-10(30-22-20(27)19(26)18(25)11(2)31-22)12-6-4-8-14-16(12)23-15-9-5-7-13(17(15)24-14)21(28)29-3/h4-11,18-20,22,25-27H,1-3H3/t10?,11-,18-,19+,20-,22+/m0/s1. The largest absolute Gasteiger partial charge is 0.465 e. The van der Waals surface area contributed by atoms with Gasteiger partial charge in [-0.25, -0.2) is 14.8 Å². The fourth-order valence-electron chi connectivity index (χ4n) is 3.74. The number of methoxy groups -OCH3 is 1. The van der Waals surface area contributed by atoms with Crippen molar-refractivity contribution in [3.63, 3.8) is 0 Å². The molecular weight excluding hydrogens is 404 g/mol. The van der Waals surface area contributed by atoms with Crippen molar-refractivity contribution in [2.45, 2.75) is 50.7 Å². The lowest BCUT2D eigenvalue weighted by molar-refractivity contribution is -0.303. The molecule has 0 bridgehead atoms. The van der Waals surface area contributed by atoms with Gasteiger partial charge in [-0.05, 0) is 32.0 Å². The fraction of sp³-hybridized carbons (Fsp3) is 0.409. The van der Waals surface area contributed by atoms with Crippen molar-refractivity contribution < 1.29 is 34.3 Å². The molecule has 9 heteroatoms. The number of carbonyl (C=O) groups is 1. The summed E-state index contributed by atoms with van der Waals surface area (Å²) < 4.78 is 16.3. The highest BCUT2D eigenvalue weighted by Crippen LogP contribution is 2.31. The van der Waals surface area contributed by atoms with Crippen LogP contribution in [0.1, 0.15) is 35.9 Å². The summed E-state index contributed by atoms with van der Waals surface area (Å²) in [6, 6.07) is 10.5. The summed E-state index contributed by atoms with van der Waals surface area (Å²) >= 11 is 0. The predicted molar refractivity (Wildman–Crippen MR) is 110 cm³/mol. The molecule has 2 heterocycles. The maximum absolute atomic E-state index is 12.1. The van der Waals surface area contributed by atoms with E-state index in [4.69, 9.17) is 14.2 Å². The maximum Gasteiger partial charge on any atom is 0.340 e. The first kappa shape index (κ1) is 21.5. The van der Waals surface area contributed by atoms with Gasteiger partial charge in [-0.2, -0.15) is 0 Å². The number of ether oxygens (including phenoxy) is 3. The van der Waals surface area contributed by atoms with Crippen LogP contribution in [-0.2, 0) is 14.2 Å². The number of nitrogens with zero attached hydrogens (tertiary/aromatic N) is 2. The molecule has 2 aromatic carbocycles. The first-order valence-corrected chi connectivity index (χ1v) is 9.94. The second kappa shape index (κ2) is 8.45. The molecule has 3 aromatic rings. The first-order chi connectivity index (χ1) is 14.8. The third-order valence-corrected chi connectivity index (χ3v) is 5.52. The fourth-order valence-corrected chi connectivity index (χ4v) is 3.74. The van der Waals surface area contributed by atoms with Gasteiger partial charge in [0.15, 0.2) is 6.29 Å². The lowest BCUT2D eigenvalue weighted by Gasteiger charge is -2.40. The van der Waals surface area contributed by atoms with Gasteiger partial charge >= 0.3 is 5.97 Å². The highest BCUT2D eigenvalue weighted by molar-refractivity contribution is 6.03. The third kappa shape index (κ3) is 3.86. The molecule has 0 amide bonds. The molecule has 1 saturated heterocycles. The van der Waals surface area contributed by atoms with E-state index in [-0.39, 0.29) is 0 Å². The second-order valence-electron chi connectivity index (χ2n) is 7.56. The third-order valence-electron chi connectivity index (χ3n) is 5.52. The summed E-state index contributed by atoms with van der Waals surface area (Å²) in [5.41, 5.74) is 3.11. The number of hydrogen-bond acceptors (Lipinski definition) is 9. The van der Waals surface area contributed by atoms with Gasteiger partial charge in [0.25, 0.3) is 0 Å². The van der Waals surface area contributed by atoms with Crippen molar-refractivity contribution in [3.8, 4) is 0 Å². The van der Waals surface area contributed by atoms with Crippen LogP contribution in [0.5, 0.6) is 0 Å². The van der Waals surface area contributed by atoms with Gasteiger partial charge in [-0.3, -0.25) is 0 Å². The Bertz CT molecular complexity index is 1120. The normalized spacial score (nSPS) is 27.4. The van der Waals surface area contributed by atoms with Crippen molar-refractivity contribution in [1.29, 1.82) is 0 Å². The monoisotopic (exact) mass is 428 g/mol. The molecule has 1 aromatic heterocycles. The van der Waals surface area contributed by atoms with Gasteiger partial charge in [-0.1, -0.05) is 18.2 Å². The topological polar surface area (TPSA) is 131 Å². The molecular formula is C22H24N2O7. The number of rotatable bonds is 4. The van der Waals surface area contributed by atoms with Crippen LogP contribution in [0.4, 0.5) is 0 Å². The number of aromatic nitrogens is 2.